The molecule has 1 aliphatic rings. The molecule has 1 heteroatoms. The van der Waals surface area contributed by atoms with Crippen LogP contribution in [0.1, 0.15) is 13.3 Å². The van der Waals surface area contributed by atoms with Crippen molar-refractivity contribution < 1.29 is 0 Å². The smallest absolute Gasteiger partial charge is 0.0279 e. The van der Waals surface area contributed by atoms with E-state index in [9.17, 15) is 0 Å². The molecule has 0 aliphatic heterocycles. The van der Waals surface area contributed by atoms with Crippen molar-refractivity contribution in [1.82, 2.24) is 0 Å². The van der Waals surface area contributed by atoms with Crippen LogP contribution < -0.4 is 0 Å². The van der Waals surface area contributed by atoms with Crippen molar-refractivity contribution in [2.75, 3.05) is 0 Å². The van der Waals surface area contributed by atoms with Crippen molar-refractivity contribution in [2.24, 2.45) is 5.92 Å². The van der Waals surface area contributed by atoms with E-state index >= 15 is 0 Å². The van der Waals surface area contributed by atoms with Crippen molar-refractivity contribution >= 4 is 10.2 Å². The van der Waals surface area contributed by atoms with Gasteiger partial charge in [0, 0.05) is 10.2 Å². The number of allylic oxidation sites excluding steroid dienone is 4. The highest BCUT2D eigenvalue weighted by molar-refractivity contribution is 6.10. The third-order valence-electron chi connectivity index (χ3n) is 1.77. The van der Waals surface area contributed by atoms with Gasteiger partial charge in [-0.1, -0.05) is 30.7 Å². The summed E-state index contributed by atoms with van der Waals surface area (Å²) in [5, 5.41) is 0. The van der Waals surface area contributed by atoms with Gasteiger partial charge in [0.1, 0.15) is 0 Å². The Morgan fingerprint density at radius 2 is 2.56 bits per heavy atom. The normalized spacial score (nSPS) is 26.0. The van der Waals surface area contributed by atoms with E-state index in [1.165, 1.54) is 12.0 Å². The van der Waals surface area contributed by atoms with Gasteiger partial charge < -0.3 is 0 Å². The summed E-state index contributed by atoms with van der Waals surface area (Å²) >= 11 is 0. The number of hydrogen-bond donors (Lipinski definition) is 0. The maximum Gasteiger partial charge on any atom is 0.0279 e. The van der Waals surface area contributed by atoms with E-state index in [0.29, 0.717) is 0 Å². The van der Waals surface area contributed by atoms with Crippen LogP contribution in [0.5, 0.6) is 0 Å². The van der Waals surface area contributed by atoms with Crippen LogP contribution in [0.2, 0.25) is 6.04 Å². The summed E-state index contributed by atoms with van der Waals surface area (Å²) in [6.07, 6.45) is 7.75. The molecule has 3 radical (unpaired) electrons. The zero-order chi connectivity index (χ0) is 6.69. The fraction of sp³-hybridized carbons (Fsp3) is 0.500. The maximum absolute atomic E-state index is 3.49. The Morgan fingerprint density at radius 1 is 1.78 bits per heavy atom. The zero-order valence-corrected chi connectivity index (χ0v) is 6.72. The van der Waals surface area contributed by atoms with Crippen molar-refractivity contribution in [2.45, 2.75) is 19.4 Å². The topological polar surface area (TPSA) is 0 Å². The fourth-order valence-corrected chi connectivity index (χ4v) is 1.49. The molecular weight excluding hydrogens is 124 g/mol. The van der Waals surface area contributed by atoms with Crippen LogP contribution in [0, 0.1) is 5.92 Å². The molecular formula is C8H11Si. The van der Waals surface area contributed by atoms with Crippen molar-refractivity contribution in [3.8, 4) is 0 Å². The van der Waals surface area contributed by atoms with Gasteiger partial charge in [-0.15, -0.1) is 0 Å². The second-order valence-corrected chi connectivity index (χ2v) is 2.84. The number of rotatable bonds is 1. The quantitative estimate of drug-likeness (QED) is 0.483. The third-order valence-corrected chi connectivity index (χ3v) is 2.18. The highest BCUT2D eigenvalue weighted by atomic mass is 28.1. The summed E-state index contributed by atoms with van der Waals surface area (Å²) in [4.78, 5) is 0. The van der Waals surface area contributed by atoms with Crippen LogP contribution in [0.25, 0.3) is 0 Å². The van der Waals surface area contributed by atoms with E-state index in [1.54, 1.807) is 0 Å². The molecule has 9 heavy (non-hydrogen) atoms. The lowest BCUT2D eigenvalue weighted by molar-refractivity contribution is 0.686. The van der Waals surface area contributed by atoms with Crippen LogP contribution >= 0.6 is 0 Å². The molecule has 0 aromatic heterocycles. The molecule has 0 aromatic rings. The Balaban J connectivity index is 2.63. The van der Waals surface area contributed by atoms with Crippen molar-refractivity contribution in [3.63, 3.8) is 0 Å². The maximum atomic E-state index is 3.49. The van der Waals surface area contributed by atoms with E-state index in [0.717, 1.165) is 12.0 Å². The van der Waals surface area contributed by atoms with Gasteiger partial charge in [-0.05, 0) is 18.4 Å². The summed E-state index contributed by atoms with van der Waals surface area (Å²) < 4.78 is 0. The van der Waals surface area contributed by atoms with Crippen molar-refractivity contribution in [1.29, 1.82) is 0 Å². The van der Waals surface area contributed by atoms with E-state index in [2.05, 4.69) is 35.4 Å². The molecule has 47 valence electrons. The highest BCUT2D eigenvalue weighted by Gasteiger charge is 2.05. The SMILES string of the molecule is CC1CC=CC=C1C[Si]. The molecule has 0 amide bonds. The molecule has 1 rings (SSSR count). The summed E-state index contributed by atoms with van der Waals surface area (Å²) in [6.45, 7) is 2.26. The monoisotopic (exact) mass is 135 g/mol. The Morgan fingerprint density at radius 3 is 3.00 bits per heavy atom. The minimum atomic E-state index is 0.743. The molecule has 0 nitrogen and oxygen atoms in total. The summed E-state index contributed by atoms with van der Waals surface area (Å²) in [6, 6.07) is 1.02. The third kappa shape index (κ3) is 1.55. The predicted molar refractivity (Wildman–Crippen MR) is 41.6 cm³/mol. The molecule has 0 aromatic carbocycles. The van der Waals surface area contributed by atoms with Crippen LogP contribution in [-0.2, 0) is 0 Å². The molecule has 1 aliphatic carbocycles. The van der Waals surface area contributed by atoms with Gasteiger partial charge in [0.05, 0.1) is 0 Å². The minimum Gasteiger partial charge on any atom is -0.0840 e. The first-order chi connectivity index (χ1) is 4.34. The van der Waals surface area contributed by atoms with E-state index in [-0.39, 0.29) is 0 Å². The van der Waals surface area contributed by atoms with E-state index < -0.39 is 0 Å². The Labute approximate surface area is 60.1 Å². The minimum absolute atomic E-state index is 0.743. The summed E-state index contributed by atoms with van der Waals surface area (Å²) in [7, 11) is 3.49. The van der Waals surface area contributed by atoms with E-state index in [4.69, 9.17) is 0 Å². The van der Waals surface area contributed by atoms with Gasteiger partial charge in [-0.25, -0.2) is 0 Å². The molecule has 0 saturated carbocycles. The van der Waals surface area contributed by atoms with Crippen LogP contribution in [-0.4, -0.2) is 10.2 Å². The molecule has 0 fully saturated rings. The molecule has 0 spiro atoms. The first-order valence-corrected chi connectivity index (χ1v) is 4.05. The first kappa shape index (κ1) is 6.81. The first-order valence-electron chi connectivity index (χ1n) is 3.34. The Bertz CT molecular complexity index is 145. The second-order valence-electron chi connectivity index (χ2n) is 2.48. The molecule has 0 bridgehead atoms. The van der Waals surface area contributed by atoms with Gasteiger partial charge in [0.15, 0.2) is 0 Å². The Hall–Kier alpha value is -0.303. The van der Waals surface area contributed by atoms with Gasteiger partial charge in [0.2, 0.25) is 0 Å². The highest BCUT2D eigenvalue weighted by Crippen LogP contribution is 2.21. The molecule has 0 saturated heterocycles. The second kappa shape index (κ2) is 3.02. The van der Waals surface area contributed by atoms with Gasteiger partial charge in [-0.2, -0.15) is 0 Å². The zero-order valence-electron chi connectivity index (χ0n) is 5.72. The van der Waals surface area contributed by atoms with Gasteiger partial charge >= 0.3 is 0 Å². The molecule has 1 atom stereocenters. The average molecular weight is 135 g/mol. The lowest BCUT2D eigenvalue weighted by Crippen LogP contribution is -1.99. The van der Waals surface area contributed by atoms with Crippen LogP contribution in [0.3, 0.4) is 0 Å². The van der Waals surface area contributed by atoms with Crippen LogP contribution in [0.4, 0.5) is 0 Å². The van der Waals surface area contributed by atoms with Crippen LogP contribution in [0.15, 0.2) is 23.8 Å². The summed E-state index contributed by atoms with van der Waals surface area (Å²) in [5.41, 5.74) is 1.51. The molecule has 0 N–H and O–H groups in total. The molecule has 0 heterocycles. The molecule has 1 unspecified atom stereocenters. The fourth-order valence-electron chi connectivity index (χ4n) is 1.02. The standard InChI is InChI=1S/C8H11Si/c1-7-4-2-3-5-8(7)6-9/h2-3,5,7H,4,6H2,1H3. The Kier molecular flexibility index (Phi) is 2.28. The number of hydrogen-bond acceptors (Lipinski definition) is 0. The van der Waals surface area contributed by atoms with Gasteiger partial charge in [-0.3, -0.25) is 0 Å². The predicted octanol–water partition coefficient (Wildman–Crippen LogP) is 2.10. The largest absolute Gasteiger partial charge is 0.0840 e. The average Bonchev–Trinajstić information content (AvgIpc) is 1.89. The van der Waals surface area contributed by atoms with Gasteiger partial charge in [0.25, 0.3) is 0 Å². The van der Waals surface area contributed by atoms with E-state index in [1.807, 2.05) is 0 Å². The van der Waals surface area contributed by atoms with Crippen molar-refractivity contribution in [3.05, 3.63) is 23.8 Å². The summed E-state index contributed by atoms with van der Waals surface area (Å²) in [5.74, 6) is 0.743. The lowest BCUT2D eigenvalue weighted by Gasteiger charge is -2.14. The lowest BCUT2D eigenvalue weighted by atomic mass is 9.95.